The molecule has 3 nitrogen and oxygen atoms in total. The van der Waals surface area contributed by atoms with Gasteiger partial charge in [0.15, 0.2) is 0 Å². The van der Waals surface area contributed by atoms with Crippen LogP contribution in [-0.4, -0.2) is 28.9 Å². The lowest BCUT2D eigenvalue weighted by atomic mass is 9.87. The van der Waals surface area contributed by atoms with Crippen LogP contribution >= 0.6 is 23.2 Å². The Balaban J connectivity index is 1.78. The van der Waals surface area contributed by atoms with Gasteiger partial charge in [0.1, 0.15) is 0 Å². The molecule has 2 aromatic carbocycles. The molecule has 1 aliphatic heterocycles. The van der Waals surface area contributed by atoms with Gasteiger partial charge in [-0.25, -0.2) is 0 Å². The van der Waals surface area contributed by atoms with E-state index >= 15 is 0 Å². The highest BCUT2D eigenvalue weighted by molar-refractivity contribution is 6.42. The van der Waals surface area contributed by atoms with Crippen LogP contribution in [0.2, 0.25) is 10.0 Å². The van der Waals surface area contributed by atoms with Crippen LogP contribution in [0.4, 0.5) is 0 Å². The number of H-pyrrole nitrogens is 1. The summed E-state index contributed by atoms with van der Waals surface area (Å²) in [5, 5.41) is 2.22. The number of benzene rings is 2. The van der Waals surface area contributed by atoms with Gasteiger partial charge in [-0.15, -0.1) is 0 Å². The van der Waals surface area contributed by atoms with E-state index in [1.165, 1.54) is 10.9 Å². The van der Waals surface area contributed by atoms with Crippen molar-refractivity contribution in [3.63, 3.8) is 0 Å². The molecule has 0 radical (unpaired) electrons. The van der Waals surface area contributed by atoms with Crippen molar-refractivity contribution in [1.82, 2.24) is 9.88 Å². The lowest BCUT2D eigenvalue weighted by molar-refractivity contribution is -0.130. The van der Waals surface area contributed by atoms with Crippen molar-refractivity contribution in [2.75, 3.05) is 13.1 Å². The van der Waals surface area contributed by atoms with Crippen molar-refractivity contribution in [1.29, 1.82) is 0 Å². The van der Waals surface area contributed by atoms with Crippen LogP contribution in [0.15, 0.2) is 42.6 Å². The highest BCUT2D eigenvalue weighted by Crippen LogP contribution is 2.37. The number of likely N-dealkylation sites (tertiary alicyclic amines) is 1. The van der Waals surface area contributed by atoms with Gasteiger partial charge in [0, 0.05) is 42.5 Å². The molecule has 1 atom stereocenters. The van der Waals surface area contributed by atoms with E-state index in [9.17, 15) is 4.79 Å². The maximum Gasteiger partial charge on any atom is 0.223 e. The third kappa shape index (κ3) is 3.66. The molecule has 2 heterocycles. The summed E-state index contributed by atoms with van der Waals surface area (Å²) >= 11 is 12.5. The van der Waals surface area contributed by atoms with Crippen molar-refractivity contribution in [3.05, 3.63) is 69.3 Å². The molecule has 1 N–H and O–H groups in total. The van der Waals surface area contributed by atoms with Gasteiger partial charge >= 0.3 is 0 Å². The molecule has 0 unspecified atom stereocenters. The summed E-state index contributed by atoms with van der Waals surface area (Å²) in [6, 6.07) is 12.1. The molecule has 3 aromatic rings. The molecule has 0 bridgehead atoms. The standard InChI is InChI=1S/C23H24Cl2N2O/c1-2-15-6-5-7-17-19(14-26-23(15)17)18(13-22(28)27-10-3-4-11-27)16-8-9-20(24)21(25)12-16/h5-9,12,14,18,26H,2-4,10-11,13H2,1H3/t18-/m0/s1. The van der Waals surface area contributed by atoms with Crippen molar-refractivity contribution < 1.29 is 4.79 Å². The van der Waals surface area contributed by atoms with Crippen molar-refractivity contribution in [3.8, 4) is 0 Å². The Morgan fingerprint density at radius 1 is 1.14 bits per heavy atom. The van der Waals surface area contributed by atoms with E-state index in [2.05, 4.69) is 30.1 Å². The van der Waals surface area contributed by atoms with Crippen molar-refractivity contribution in [2.45, 2.75) is 38.5 Å². The zero-order chi connectivity index (χ0) is 19.7. The van der Waals surface area contributed by atoms with Gasteiger partial charge in [-0.2, -0.15) is 0 Å². The Morgan fingerprint density at radius 3 is 2.64 bits per heavy atom. The number of carbonyl (C=O) groups is 1. The maximum atomic E-state index is 13.0. The average Bonchev–Trinajstić information content (AvgIpc) is 3.38. The highest BCUT2D eigenvalue weighted by Gasteiger charge is 2.26. The molecule has 4 rings (SSSR count). The molecular weight excluding hydrogens is 391 g/mol. The number of carbonyl (C=O) groups excluding carboxylic acids is 1. The second-order valence-electron chi connectivity index (χ2n) is 7.46. The first kappa shape index (κ1) is 19.4. The fourth-order valence-corrected chi connectivity index (χ4v) is 4.54. The van der Waals surface area contributed by atoms with Gasteiger partial charge in [0.05, 0.1) is 10.0 Å². The van der Waals surface area contributed by atoms with Gasteiger partial charge < -0.3 is 9.88 Å². The smallest absolute Gasteiger partial charge is 0.223 e. The molecule has 28 heavy (non-hydrogen) atoms. The molecule has 1 fully saturated rings. The van der Waals surface area contributed by atoms with Gasteiger partial charge in [0.2, 0.25) is 5.91 Å². The summed E-state index contributed by atoms with van der Waals surface area (Å²) in [5.41, 5.74) is 4.59. The molecule has 0 aliphatic carbocycles. The van der Waals surface area contributed by atoms with Gasteiger partial charge in [-0.1, -0.05) is 54.4 Å². The Hall–Kier alpha value is -1.97. The van der Waals surface area contributed by atoms with Crippen LogP contribution in [0.1, 0.15) is 48.8 Å². The van der Waals surface area contributed by atoms with Crippen LogP contribution in [0.5, 0.6) is 0 Å². The Bertz CT molecular complexity index is 1010. The van der Waals surface area contributed by atoms with E-state index in [-0.39, 0.29) is 11.8 Å². The van der Waals surface area contributed by atoms with Crippen LogP contribution in [0.3, 0.4) is 0 Å². The molecular formula is C23H24Cl2N2O. The summed E-state index contributed by atoms with van der Waals surface area (Å²) in [6.45, 7) is 3.88. The molecule has 1 saturated heterocycles. The second-order valence-corrected chi connectivity index (χ2v) is 8.27. The van der Waals surface area contributed by atoms with E-state index in [0.717, 1.165) is 49.0 Å². The van der Waals surface area contributed by atoms with Crippen LogP contribution in [0, 0.1) is 0 Å². The molecule has 0 saturated carbocycles. The molecule has 0 spiro atoms. The normalized spacial score (nSPS) is 15.3. The van der Waals surface area contributed by atoms with Crippen LogP contribution < -0.4 is 0 Å². The van der Waals surface area contributed by atoms with Crippen LogP contribution in [-0.2, 0) is 11.2 Å². The topological polar surface area (TPSA) is 36.1 Å². The Morgan fingerprint density at radius 2 is 1.93 bits per heavy atom. The lowest BCUT2D eigenvalue weighted by Crippen LogP contribution is -2.29. The molecule has 146 valence electrons. The molecule has 1 amide bonds. The largest absolute Gasteiger partial charge is 0.361 e. The van der Waals surface area contributed by atoms with Crippen LogP contribution in [0.25, 0.3) is 10.9 Å². The molecule has 1 aromatic heterocycles. The fraction of sp³-hybridized carbons (Fsp3) is 0.348. The van der Waals surface area contributed by atoms with E-state index in [0.29, 0.717) is 16.5 Å². The molecule has 5 heteroatoms. The van der Waals surface area contributed by atoms with E-state index < -0.39 is 0 Å². The Kier molecular flexibility index (Phi) is 5.65. The number of hydrogen-bond donors (Lipinski definition) is 1. The lowest BCUT2D eigenvalue weighted by Gasteiger charge is -2.22. The van der Waals surface area contributed by atoms with Crippen molar-refractivity contribution in [2.24, 2.45) is 0 Å². The van der Waals surface area contributed by atoms with Gasteiger partial charge in [-0.05, 0) is 48.1 Å². The number of nitrogens with zero attached hydrogens (tertiary/aromatic N) is 1. The van der Waals surface area contributed by atoms with Gasteiger partial charge in [-0.3, -0.25) is 4.79 Å². The predicted molar refractivity (Wildman–Crippen MR) is 116 cm³/mol. The number of para-hydroxylation sites is 1. The fourth-order valence-electron chi connectivity index (χ4n) is 4.23. The van der Waals surface area contributed by atoms with Gasteiger partial charge in [0.25, 0.3) is 0 Å². The average molecular weight is 415 g/mol. The quantitative estimate of drug-likeness (QED) is 0.531. The zero-order valence-electron chi connectivity index (χ0n) is 16.0. The third-order valence-corrected chi connectivity index (χ3v) is 6.51. The number of rotatable bonds is 5. The van der Waals surface area contributed by atoms with Crippen molar-refractivity contribution >= 4 is 40.0 Å². The van der Waals surface area contributed by atoms with E-state index in [1.807, 2.05) is 29.3 Å². The first-order chi connectivity index (χ1) is 13.6. The van der Waals surface area contributed by atoms with E-state index in [1.54, 1.807) is 0 Å². The Labute approximate surface area is 175 Å². The number of hydrogen-bond acceptors (Lipinski definition) is 1. The first-order valence-electron chi connectivity index (χ1n) is 9.90. The number of halogens is 2. The zero-order valence-corrected chi connectivity index (χ0v) is 17.5. The van der Waals surface area contributed by atoms with E-state index in [4.69, 9.17) is 23.2 Å². The third-order valence-electron chi connectivity index (χ3n) is 5.77. The second kappa shape index (κ2) is 8.18. The number of fused-ring (bicyclic) bond motifs is 1. The number of nitrogens with one attached hydrogen (secondary N) is 1. The first-order valence-corrected chi connectivity index (χ1v) is 10.7. The minimum absolute atomic E-state index is 0.0660. The summed E-state index contributed by atoms with van der Waals surface area (Å²) < 4.78 is 0. The maximum absolute atomic E-state index is 13.0. The molecule has 1 aliphatic rings. The SMILES string of the molecule is CCc1cccc2c([C@@H](CC(=O)N3CCCC3)c3ccc(Cl)c(Cl)c3)c[nH]c12. The number of amides is 1. The summed E-state index contributed by atoms with van der Waals surface area (Å²) in [7, 11) is 0. The minimum Gasteiger partial charge on any atom is -0.361 e. The summed E-state index contributed by atoms with van der Waals surface area (Å²) in [5.74, 6) is 0.137. The minimum atomic E-state index is -0.0660. The number of aryl methyl sites for hydroxylation is 1. The monoisotopic (exact) mass is 414 g/mol. The summed E-state index contributed by atoms with van der Waals surface area (Å²) in [4.78, 5) is 18.4. The summed E-state index contributed by atoms with van der Waals surface area (Å²) in [6.07, 6.45) is 5.63. The number of aromatic amines is 1. The number of aromatic nitrogens is 1. The predicted octanol–water partition coefficient (Wildman–Crippen LogP) is 6.18. The highest BCUT2D eigenvalue weighted by atomic mass is 35.5.